The predicted molar refractivity (Wildman–Crippen MR) is 101 cm³/mol. The highest BCUT2D eigenvalue weighted by Gasteiger charge is 2.48. The van der Waals surface area contributed by atoms with Gasteiger partial charge in [-0.15, -0.1) is 0 Å². The van der Waals surface area contributed by atoms with Gasteiger partial charge in [-0.1, -0.05) is 39.8 Å². The lowest BCUT2D eigenvalue weighted by Crippen LogP contribution is -2.49. The standard InChI is InChI=1S/C21H34O5/c1-7-9-11-17(8-2)21(25-19(22)15(3)4,26-20(23)16(5)6)14-18-12-10-13-24-18/h17-18H,3,5,7-14H2,1-2,4,6H3. The first-order valence-corrected chi connectivity index (χ1v) is 9.65. The molecule has 0 aromatic carbocycles. The van der Waals surface area contributed by atoms with Crippen LogP contribution in [0.2, 0.25) is 0 Å². The van der Waals surface area contributed by atoms with Crippen LogP contribution < -0.4 is 0 Å². The van der Waals surface area contributed by atoms with Gasteiger partial charge in [0.2, 0.25) is 0 Å². The number of ether oxygens (including phenoxy) is 3. The molecular formula is C21H34O5. The SMILES string of the molecule is C=C(C)C(=O)OC(CC1CCCO1)(OC(=O)C(=C)C)C(CC)CCCC. The number of carbonyl (C=O) groups is 2. The zero-order valence-electron chi connectivity index (χ0n) is 16.8. The molecule has 2 atom stereocenters. The van der Waals surface area contributed by atoms with Crippen molar-refractivity contribution in [3.63, 3.8) is 0 Å². The molecule has 1 aliphatic heterocycles. The van der Waals surface area contributed by atoms with E-state index in [1.165, 1.54) is 0 Å². The molecule has 148 valence electrons. The van der Waals surface area contributed by atoms with E-state index in [4.69, 9.17) is 14.2 Å². The number of hydrogen-bond acceptors (Lipinski definition) is 5. The first-order chi connectivity index (χ1) is 12.3. The highest BCUT2D eigenvalue weighted by atomic mass is 16.7. The molecule has 0 amide bonds. The summed E-state index contributed by atoms with van der Waals surface area (Å²) >= 11 is 0. The third kappa shape index (κ3) is 6.27. The van der Waals surface area contributed by atoms with Gasteiger partial charge in [0.05, 0.1) is 12.5 Å². The topological polar surface area (TPSA) is 61.8 Å². The molecule has 1 aliphatic rings. The normalized spacial score (nSPS) is 18.2. The zero-order valence-corrected chi connectivity index (χ0v) is 16.8. The van der Waals surface area contributed by atoms with E-state index in [1.54, 1.807) is 13.8 Å². The van der Waals surface area contributed by atoms with Gasteiger partial charge >= 0.3 is 11.9 Å². The minimum atomic E-state index is -1.36. The number of unbranched alkanes of at least 4 members (excludes halogenated alkanes) is 1. The smallest absolute Gasteiger partial charge is 0.336 e. The van der Waals surface area contributed by atoms with Crippen LogP contribution in [0.4, 0.5) is 0 Å². The lowest BCUT2D eigenvalue weighted by atomic mass is 9.85. The maximum atomic E-state index is 12.4. The lowest BCUT2D eigenvalue weighted by molar-refractivity contribution is -0.255. The van der Waals surface area contributed by atoms with Gasteiger partial charge in [0.1, 0.15) is 0 Å². The average Bonchev–Trinajstić information content (AvgIpc) is 3.07. The highest BCUT2D eigenvalue weighted by molar-refractivity contribution is 5.89. The molecule has 0 radical (unpaired) electrons. The summed E-state index contributed by atoms with van der Waals surface area (Å²) in [6.07, 6.45) is 5.55. The molecule has 0 N–H and O–H groups in total. The molecule has 0 saturated carbocycles. The van der Waals surface area contributed by atoms with Crippen molar-refractivity contribution in [1.29, 1.82) is 0 Å². The van der Waals surface area contributed by atoms with Gasteiger partial charge in [-0.25, -0.2) is 9.59 Å². The van der Waals surface area contributed by atoms with E-state index in [2.05, 4.69) is 20.1 Å². The first-order valence-electron chi connectivity index (χ1n) is 9.65. The molecule has 2 unspecified atom stereocenters. The predicted octanol–water partition coefficient (Wildman–Crippen LogP) is 4.71. The Labute approximate surface area is 157 Å². The second-order valence-electron chi connectivity index (χ2n) is 7.24. The Kier molecular flexibility index (Phi) is 9.06. The largest absolute Gasteiger partial charge is 0.419 e. The van der Waals surface area contributed by atoms with Crippen LogP contribution in [0.25, 0.3) is 0 Å². The van der Waals surface area contributed by atoms with E-state index >= 15 is 0 Å². The molecule has 5 nitrogen and oxygen atoms in total. The molecule has 0 aromatic heterocycles. The number of hydrogen-bond donors (Lipinski definition) is 0. The van der Waals surface area contributed by atoms with E-state index in [1.807, 2.05) is 6.92 Å². The molecule has 26 heavy (non-hydrogen) atoms. The molecule has 0 spiro atoms. The quantitative estimate of drug-likeness (QED) is 0.301. The fourth-order valence-corrected chi connectivity index (χ4v) is 3.23. The second kappa shape index (κ2) is 10.5. The monoisotopic (exact) mass is 366 g/mol. The Morgan fingerprint density at radius 3 is 2.12 bits per heavy atom. The van der Waals surface area contributed by atoms with Crippen molar-refractivity contribution in [2.75, 3.05) is 6.61 Å². The van der Waals surface area contributed by atoms with Gasteiger partial charge in [-0.05, 0) is 39.5 Å². The van der Waals surface area contributed by atoms with Crippen LogP contribution in [-0.2, 0) is 23.8 Å². The molecule has 1 rings (SSSR count). The van der Waals surface area contributed by atoms with E-state index in [0.29, 0.717) is 13.0 Å². The summed E-state index contributed by atoms with van der Waals surface area (Å²) in [5, 5.41) is 0. The Bertz CT molecular complexity index is 488. The third-order valence-corrected chi connectivity index (χ3v) is 4.78. The molecule has 0 aliphatic carbocycles. The van der Waals surface area contributed by atoms with Gasteiger partial charge in [0, 0.05) is 23.7 Å². The minimum absolute atomic E-state index is 0.0958. The molecule has 1 fully saturated rings. The number of carbonyl (C=O) groups excluding carboxylic acids is 2. The van der Waals surface area contributed by atoms with Crippen molar-refractivity contribution in [2.45, 2.75) is 84.5 Å². The number of rotatable bonds is 11. The Morgan fingerprint density at radius 2 is 1.73 bits per heavy atom. The van der Waals surface area contributed by atoms with Crippen molar-refractivity contribution in [2.24, 2.45) is 5.92 Å². The summed E-state index contributed by atoms with van der Waals surface area (Å²) in [7, 11) is 0. The Morgan fingerprint density at radius 1 is 1.15 bits per heavy atom. The average molecular weight is 366 g/mol. The summed E-state index contributed by atoms with van der Waals surface area (Å²) in [6.45, 7) is 15.3. The lowest BCUT2D eigenvalue weighted by Gasteiger charge is -2.40. The molecule has 5 heteroatoms. The maximum absolute atomic E-state index is 12.4. The van der Waals surface area contributed by atoms with E-state index in [9.17, 15) is 9.59 Å². The fraction of sp³-hybridized carbons (Fsp3) is 0.714. The molecule has 0 aromatic rings. The molecule has 1 heterocycles. The van der Waals surface area contributed by atoms with Gasteiger partial charge < -0.3 is 14.2 Å². The van der Waals surface area contributed by atoms with Crippen LogP contribution >= 0.6 is 0 Å². The molecule has 1 saturated heterocycles. The fourth-order valence-electron chi connectivity index (χ4n) is 3.23. The van der Waals surface area contributed by atoms with Crippen molar-refractivity contribution in [3.8, 4) is 0 Å². The van der Waals surface area contributed by atoms with Crippen molar-refractivity contribution in [1.82, 2.24) is 0 Å². The zero-order chi connectivity index (χ0) is 19.7. The van der Waals surface area contributed by atoms with Crippen LogP contribution in [0.3, 0.4) is 0 Å². The van der Waals surface area contributed by atoms with E-state index in [0.717, 1.165) is 38.5 Å². The summed E-state index contributed by atoms with van der Waals surface area (Å²) in [6, 6.07) is 0. The maximum Gasteiger partial charge on any atom is 0.336 e. The summed E-state index contributed by atoms with van der Waals surface area (Å²) in [4.78, 5) is 24.8. The van der Waals surface area contributed by atoms with Crippen LogP contribution in [0.1, 0.15) is 72.6 Å². The van der Waals surface area contributed by atoms with Crippen LogP contribution in [0.5, 0.6) is 0 Å². The van der Waals surface area contributed by atoms with Gasteiger partial charge in [0.15, 0.2) is 0 Å². The van der Waals surface area contributed by atoms with E-state index < -0.39 is 17.7 Å². The van der Waals surface area contributed by atoms with Gasteiger partial charge in [-0.3, -0.25) is 0 Å². The summed E-state index contributed by atoms with van der Waals surface area (Å²) < 4.78 is 17.4. The van der Waals surface area contributed by atoms with Crippen LogP contribution in [0, 0.1) is 5.92 Å². The van der Waals surface area contributed by atoms with Crippen molar-refractivity contribution < 1.29 is 23.8 Å². The first kappa shape index (κ1) is 22.4. The van der Waals surface area contributed by atoms with Crippen molar-refractivity contribution >= 4 is 11.9 Å². The number of esters is 2. The minimum Gasteiger partial charge on any atom is -0.419 e. The third-order valence-electron chi connectivity index (χ3n) is 4.78. The Balaban J connectivity index is 3.25. The molecule has 0 bridgehead atoms. The molecular weight excluding hydrogens is 332 g/mol. The van der Waals surface area contributed by atoms with Crippen molar-refractivity contribution in [3.05, 3.63) is 24.3 Å². The summed E-state index contributed by atoms with van der Waals surface area (Å²) in [5.74, 6) is -2.57. The van der Waals surface area contributed by atoms with Crippen LogP contribution in [0.15, 0.2) is 24.3 Å². The second-order valence-corrected chi connectivity index (χ2v) is 7.24. The van der Waals surface area contributed by atoms with Gasteiger partial charge in [-0.2, -0.15) is 0 Å². The summed E-state index contributed by atoms with van der Waals surface area (Å²) in [5.41, 5.74) is 0.553. The van der Waals surface area contributed by atoms with Gasteiger partial charge in [0.25, 0.3) is 5.79 Å². The van der Waals surface area contributed by atoms with Crippen LogP contribution in [-0.4, -0.2) is 30.4 Å². The van der Waals surface area contributed by atoms with E-state index in [-0.39, 0.29) is 23.2 Å². The highest BCUT2D eigenvalue weighted by Crippen LogP contribution is 2.38. The Hall–Kier alpha value is -1.62.